The number of ether oxygens (including phenoxy) is 2. The van der Waals surface area contributed by atoms with Gasteiger partial charge in [0.1, 0.15) is 11.2 Å². The zero-order chi connectivity index (χ0) is 66.8. The fraction of sp³-hybridized carbons (Fsp3) is 0.357. The zero-order valence-electron chi connectivity index (χ0n) is 49.8. The van der Waals surface area contributed by atoms with Crippen molar-refractivity contribution in [3.63, 3.8) is 0 Å². The number of nitrogens with two attached hydrogens (primary N) is 3. The monoisotopic (exact) mass is 1270 g/mol. The topological polar surface area (TPSA) is 514 Å². The Kier molecular flexibility index (Phi) is 20.3. The highest BCUT2D eigenvalue weighted by Crippen LogP contribution is 2.40. The number of carboxylic acid groups (broad SMARTS) is 3. The number of fused-ring (bicyclic) bond motifs is 3. The lowest BCUT2D eigenvalue weighted by Crippen LogP contribution is -2.72. The van der Waals surface area contributed by atoms with Crippen LogP contribution in [0.2, 0.25) is 0 Å². The Labute approximate surface area is 521 Å². The molecule has 0 aliphatic carbocycles. The van der Waals surface area contributed by atoms with Gasteiger partial charge in [-0.15, -0.1) is 0 Å². The van der Waals surface area contributed by atoms with Gasteiger partial charge in [0.25, 0.3) is 42.1 Å². The van der Waals surface area contributed by atoms with Gasteiger partial charge in [-0.1, -0.05) is 0 Å². The third-order valence-electron chi connectivity index (χ3n) is 15.7. The molecular formula is C56H66N20O16. The van der Waals surface area contributed by atoms with E-state index in [4.69, 9.17) is 32.2 Å². The van der Waals surface area contributed by atoms with Gasteiger partial charge in [0.2, 0.25) is 29.3 Å². The van der Waals surface area contributed by atoms with Crippen LogP contribution in [-0.4, -0.2) is 212 Å². The van der Waals surface area contributed by atoms with E-state index in [1.165, 1.54) is 28.5 Å². The van der Waals surface area contributed by atoms with Gasteiger partial charge in [0, 0.05) is 87.3 Å². The summed E-state index contributed by atoms with van der Waals surface area (Å²) < 4.78 is 10.6. The van der Waals surface area contributed by atoms with Crippen LogP contribution in [0.4, 0.5) is 40.5 Å². The second-order valence-corrected chi connectivity index (χ2v) is 21.5. The number of benzene rings is 3. The van der Waals surface area contributed by atoms with Crippen molar-refractivity contribution < 1.29 is 67.9 Å². The number of carboxylic acids is 3. The molecule has 7 heterocycles. The predicted octanol–water partition coefficient (Wildman–Crippen LogP) is -2.23. The minimum atomic E-state index is -1.74. The van der Waals surface area contributed by atoms with Gasteiger partial charge in [0.15, 0.2) is 17.9 Å². The maximum Gasteiger partial charge on any atom is 0.352 e. The number of anilines is 7. The van der Waals surface area contributed by atoms with Crippen molar-refractivity contribution in [1.29, 1.82) is 0 Å². The molecule has 2 aromatic heterocycles. The Morgan fingerprint density at radius 1 is 0.804 bits per heavy atom. The molecule has 1 spiro atoms. The summed E-state index contributed by atoms with van der Waals surface area (Å²) in [5.74, 6) is -4.89. The number of nitrogen functional groups attached to an aromatic ring is 2. The number of rotatable bonds is 22. The molecule has 36 heteroatoms. The number of aromatic amines is 1. The standard InChI is InChI=1S/C21H25N7O7.C20H23N7O6.C15H18N6O3/c1-21(18(33)34,8-7-14(29)30)26-16(31)11-3-5-12(6-4-11)23-9-13-10-28-15(17(32)27(13)2)24-19(22)25-20(28)35;1-26-14-8-22-17-20(26,18(31)25-19(21)24-17)27(9-14)13-4-2-12(3-5-13)16(30)23-15(33-11-29)6-7-32-10-28;1-21-10(6-17-9-4-2-8(3-5-9)14(23)24)7-18-12-11(21)13(22)20-15(16)19-12/h3-6,13,23H,7-10H2,1-2H3,(H,26,31)(H,29,30)(H,33,34)(H2,22,25,35);2-5,10-11,14-15H,6-9H2,1H3,(H,23,30)(H3,21,22,24,25,31);2-5,10,17H,6-7H2,1H3,(H,23,24)(H4,16,18,19,20,22)/t13?,21-;;/m0../s1. The second-order valence-electron chi connectivity index (χ2n) is 21.5. The largest absolute Gasteiger partial charge is 0.481 e. The van der Waals surface area contributed by atoms with E-state index < -0.39 is 71.2 Å². The van der Waals surface area contributed by atoms with E-state index in [9.17, 15) is 57.8 Å². The molecular weight excluding hydrogens is 1210 g/mol. The van der Waals surface area contributed by atoms with Crippen molar-refractivity contribution in [2.75, 3.05) is 97.7 Å². The average molecular weight is 1280 g/mol. The van der Waals surface area contributed by atoms with Gasteiger partial charge in [0.05, 0.1) is 37.3 Å². The molecule has 5 unspecified atom stereocenters. The number of aliphatic imine (C=N–C) groups is 2. The number of nitrogens with zero attached hydrogens (tertiary/aromatic N) is 10. The predicted molar refractivity (Wildman–Crippen MR) is 329 cm³/mol. The SMILES string of the molecule is CN1C(=O)c2nc(N)nc(=O)n2CC1CNc1ccc(C(=O)N[C@@](C)(CCC(=O)O)C(=O)O)cc1.CN1C2CN=C3N=C(N)NC(=O)C31N(c1ccc(C(=O)NC(CCOC=O)OC=O)cc1)C2.CN1c2c(nc(N)[nH]c2=O)NCC1CNc1ccc(C(=O)O)cc1. The molecule has 5 aromatic rings. The number of amides is 4. The molecule has 0 saturated carbocycles. The van der Waals surface area contributed by atoms with Crippen LogP contribution in [-0.2, 0) is 40.0 Å². The summed E-state index contributed by atoms with van der Waals surface area (Å²) in [4.78, 5) is 159. The van der Waals surface area contributed by atoms with Crippen LogP contribution in [0.1, 0.15) is 67.9 Å². The van der Waals surface area contributed by atoms with Crippen molar-refractivity contribution in [1.82, 2.24) is 50.3 Å². The maximum absolute atomic E-state index is 13.1. The van der Waals surface area contributed by atoms with Crippen LogP contribution in [0.25, 0.3) is 0 Å². The number of nitrogens with one attached hydrogen (secondary N) is 7. The number of aromatic nitrogens is 5. The molecule has 6 atom stereocenters. The Bertz CT molecular complexity index is 3850. The third kappa shape index (κ3) is 14.5. The van der Waals surface area contributed by atoms with E-state index in [-0.39, 0.29) is 104 Å². The number of carbonyl (C=O) groups is 9. The van der Waals surface area contributed by atoms with E-state index in [1.807, 2.05) is 28.8 Å². The van der Waals surface area contributed by atoms with Crippen LogP contribution in [0.3, 0.4) is 0 Å². The minimum Gasteiger partial charge on any atom is -0.481 e. The quantitative estimate of drug-likeness (QED) is 0.0198. The zero-order valence-corrected chi connectivity index (χ0v) is 49.8. The summed E-state index contributed by atoms with van der Waals surface area (Å²) in [5, 5.41) is 44.2. The van der Waals surface area contributed by atoms with Gasteiger partial charge in [-0.2, -0.15) is 19.9 Å². The highest BCUT2D eigenvalue weighted by Gasteiger charge is 2.63. The van der Waals surface area contributed by atoms with Crippen molar-refractivity contribution >= 4 is 107 Å². The molecule has 1 saturated heterocycles. The van der Waals surface area contributed by atoms with Gasteiger partial charge in [-0.3, -0.25) is 63.1 Å². The van der Waals surface area contributed by atoms with Gasteiger partial charge in [-0.25, -0.2) is 14.4 Å². The summed E-state index contributed by atoms with van der Waals surface area (Å²) in [6, 6.07) is 18.9. The average Bonchev–Trinajstić information content (AvgIpc) is 1.52. The normalized spacial score (nSPS) is 19.4. The Morgan fingerprint density at radius 2 is 1.43 bits per heavy atom. The van der Waals surface area contributed by atoms with E-state index in [0.29, 0.717) is 60.5 Å². The van der Waals surface area contributed by atoms with Gasteiger partial charge in [-0.05, 0) is 93.2 Å². The number of H-pyrrole nitrogens is 1. The number of amidine groups is 1. The van der Waals surface area contributed by atoms with Crippen molar-refractivity contribution in [3.8, 4) is 0 Å². The summed E-state index contributed by atoms with van der Waals surface area (Å²) >= 11 is 0. The van der Waals surface area contributed by atoms with Crippen molar-refractivity contribution in [2.24, 2.45) is 15.7 Å². The van der Waals surface area contributed by atoms with E-state index in [0.717, 1.165) is 5.69 Å². The number of aromatic carboxylic acids is 1. The molecule has 36 nitrogen and oxygen atoms in total. The molecule has 92 heavy (non-hydrogen) atoms. The smallest absolute Gasteiger partial charge is 0.352 e. The highest BCUT2D eigenvalue weighted by molar-refractivity contribution is 6.25. The molecule has 5 aliphatic heterocycles. The lowest BCUT2D eigenvalue weighted by atomic mass is 9.95. The van der Waals surface area contributed by atoms with Crippen molar-refractivity contribution in [2.45, 2.75) is 68.3 Å². The first-order chi connectivity index (χ1) is 43.8. The Morgan fingerprint density at radius 3 is 2.05 bits per heavy atom. The van der Waals surface area contributed by atoms with E-state index in [1.54, 1.807) is 67.7 Å². The fourth-order valence-corrected chi connectivity index (χ4v) is 10.5. The lowest BCUT2D eigenvalue weighted by Gasteiger charge is -2.44. The molecule has 5 aliphatic rings. The number of aliphatic carboxylic acids is 2. The number of guanidine groups is 1. The first-order valence-corrected chi connectivity index (χ1v) is 28.1. The number of carbonyl (C=O) groups excluding carboxylic acids is 6. The fourth-order valence-electron chi connectivity index (χ4n) is 10.5. The number of hydrogen-bond donors (Lipinski definition) is 13. The molecule has 486 valence electrons. The third-order valence-corrected chi connectivity index (χ3v) is 15.7. The first-order valence-electron chi connectivity index (χ1n) is 28.1. The minimum absolute atomic E-state index is 0.000679. The number of hydrogen-bond acceptors (Lipinski definition) is 27. The summed E-state index contributed by atoms with van der Waals surface area (Å²) in [7, 11) is 5.25. The lowest BCUT2D eigenvalue weighted by molar-refractivity contribution is -0.145. The van der Waals surface area contributed by atoms with Crippen LogP contribution in [0.15, 0.2) is 92.4 Å². The Balaban J connectivity index is 0.000000181. The molecule has 1 fully saturated rings. The Hall–Kier alpha value is -11.7. The molecule has 10 rings (SSSR count). The molecule has 16 N–H and O–H groups in total. The summed E-state index contributed by atoms with van der Waals surface area (Å²) in [5.41, 5.74) is 16.1. The summed E-state index contributed by atoms with van der Waals surface area (Å²) in [6.07, 6.45) is -1.54. The number of likely N-dealkylation sites (N-methyl/N-ethyl adjacent to an activating group) is 3. The second kappa shape index (κ2) is 28.2. The van der Waals surface area contributed by atoms with Gasteiger partial charge < -0.3 is 83.3 Å². The molecule has 3 aromatic carbocycles. The van der Waals surface area contributed by atoms with Crippen molar-refractivity contribution in [3.05, 3.63) is 116 Å². The van der Waals surface area contributed by atoms with Crippen LogP contribution in [0, 0.1) is 0 Å². The molecule has 2 bridgehead atoms. The van der Waals surface area contributed by atoms with E-state index >= 15 is 0 Å². The van der Waals surface area contributed by atoms with E-state index in [2.05, 4.69) is 66.6 Å². The van der Waals surface area contributed by atoms with Crippen LogP contribution in [0.5, 0.6) is 0 Å². The first kappa shape index (κ1) is 66.2. The molecule has 4 amide bonds. The summed E-state index contributed by atoms with van der Waals surface area (Å²) in [6.45, 7) is 4.32. The molecule has 0 radical (unpaired) electrons. The highest BCUT2D eigenvalue weighted by atomic mass is 16.5. The van der Waals surface area contributed by atoms with Crippen LogP contribution >= 0.6 is 0 Å². The van der Waals surface area contributed by atoms with Gasteiger partial charge >= 0.3 is 23.6 Å². The van der Waals surface area contributed by atoms with Crippen LogP contribution < -0.4 is 70.2 Å². The maximum atomic E-state index is 13.1.